The van der Waals surface area contributed by atoms with Gasteiger partial charge in [-0.2, -0.15) is 5.10 Å². The summed E-state index contributed by atoms with van der Waals surface area (Å²) < 4.78 is 1.73. The summed E-state index contributed by atoms with van der Waals surface area (Å²) in [6, 6.07) is 0. The Morgan fingerprint density at radius 2 is 2.11 bits per heavy atom. The topological polar surface area (TPSA) is 75.9 Å². The van der Waals surface area contributed by atoms with Crippen molar-refractivity contribution in [2.75, 3.05) is 18.5 Å². The standard InChI is InChI=1S/C12H19N5O/c1-8-15-10(13-6-12(2,3)7-18)9-5-14-17(4)11(9)16-8/h5,18H,6-7H2,1-4H3,(H,13,15,16). The van der Waals surface area contributed by atoms with E-state index in [0.717, 1.165) is 16.9 Å². The minimum absolute atomic E-state index is 0.125. The molecule has 0 unspecified atom stereocenters. The molecule has 0 saturated carbocycles. The molecule has 0 aliphatic carbocycles. The molecule has 2 heterocycles. The third-order valence-electron chi connectivity index (χ3n) is 2.87. The lowest BCUT2D eigenvalue weighted by atomic mass is 9.95. The van der Waals surface area contributed by atoms with E-state index in [0.29, 0.717) is 12.4 Å². The van der Waals surface area contributed by atoms with Crippen LogP contribution in [0.5, 0.6) is 0 Å². The zero-order valence-corrected chi connectivity index (χ0v) is 11.2. The van der Waals surface area contributed by atoms with Crippen molar-refractivity contribution in [1.82, 2.24) is 19.7 Å². The minimum Gasteiger partial charge on any atom is -0.396 e. The molecule has 0 radical (unpaired) electrons. The van der Waals surface area contributed by atoms with Gasteiger partial charge >= 0.3 is 0 Å². The summed E-state index contributed by atoms with van der Waals surface area (Å²) in [5.74, 6) is 1.47. The molecule has 0 bridgehead atoms. The molecule has 0 atom stereocenters. The Labute approximate surface area is 106 Å². The summed E-state index contributed by atoms with van der Waals surface area (Å²) in [6.07, 6.45) is 1.75. The molecule has 0 aromatic carbocycles. The lowest BCUT2D eigenvalue weighted by molar-refractivity contribution is 0.171. The highest BCUT2D eigenvalue weighted by Gasteiger charge is 2.17. The van der Waals surface area contributed by atoms with Gasteiger partial charge in [0.1, 0.15) is 11.6 Å². The highest BCUT2D eigenvalue weighted by molar-refractivity contribution is 5.86. The van der Waals surface area contributed by atoms with Gasteiger partial charge in [0.25, 0.3) is 0 Å². The maximum absolute atomic E-state index is 9.25. The molecule has 2 N–H and O–H groups in total. The summed E-state index contributed by atoms with van der Waals surface area (Å²) in [7, 11) is 1.86. The van der Waals surface area contributed by atoms with Crippen LogP contribution < -0.4 is 5.32 Å². The van der Waals surface area contributed by atoms with E-state index in [4.69, 9.17) is 0 Å². The second kappa shape index (κ2) is 4.53. The quantitative estimate of drug-likeness (QED) is 0.848. The van der Waals surface area contributed by atoms with Crippen LogP contribution >= 0.6 is 0 Å². The zero-order valence-electron chi connectivity index (χ0n) is 11.2. The van der Waals surface area contributed by atoms with Gasteiger partial charge in [0.15, 0.2) is 5.65 Å². The van der Waals surface area contributed by atoms with Crippen LogP contribution in [0.25, 0.3) is 11.0 Å². The largest absolute Gasteiger partial charge is 0.396 e. The van der Waals surface area contributed by atoms with Crippen molar-refractivity contribution in [2.45, 2.75) is 20.8 Å². The number of aromatic nitrogens is 4. The van der Waals surface area contributed by atoms with E-state index in [1.165, 1.54) is 0 Å². The first-order valence-electron chi connectivity index (χ1n) is 5.94. The van der Waals surface area contributed by atoms with Gasteiger partial charge in [0.05, 0.1) is 11.6 Å². The van der Waals surface area contributed by atoms with Gasteiger partial charge in [0, 0.05) is 25.6 Å². The Bertz CT molecular complexity index is 561. The molecule has 6 heteroatoms. The van der Waals surface area contributed by atoms with Crippen molar-refractivity contribution in [1.29, 1.82) is 0 Å². The van der Waals surface area contributed by atoms with E-state index in [1.54, 1.807) is 10.9 Å². The first-order chi connectivity index (χ1) is 8.43. The van der Waals surface area contributed by atoms with Crippen LogP contribution in [0.4, 0.5) is 5.82 Å². The second-order valence-electron chi connectivity index (χ2n) is 5.30. The van der Waals surface area contributed by atoms with E-state index in [2.05, 4.69) is 20.4 Å². The molecule has 2 rings (SSSR count). The van der Waals surface area contributed by atoms with Crippen LogP contribution in [0.3, 0.4) is 0 Å². The van der Waals surface area contributed by atoms with E-state index in [9.17, 15) is 5.11 Å². The highest BCUT2D eigenvalue weighted by atomic mass is 16.3. The van der Waals surface area contributed by atoms with Crippen molar-refractivity contribution >= 4 is 16.9 Å². The van der Waals surface area contributed by atoms with E-state index in [-0.39, 0.29) is 12.0 Å². The molecular formula is C12H19N5O. The van der Waals surface area contributed by atoms with Crippen molar-refractivity contribution < 1.29 is 5.11 Å². The maximum atomic E-state index is 9.25. The predicted molar refractivity (Wildman–Crippen MR) is 70.4 cm³/mol. The number of nitrogens with zero attached hydrogens (tertiary/aromatic N) is 4. The van der Waals surface area contributed by atoms with Crippen LogP contribution in [0.15, 0.2) is 6.20 Å². The molecule has 2 aromatic heterocycles. The fraction of sp³-hybridized carbons (Fsp3) is 0.583. The zero-order chi connectivity index (χ0) is 13.3. The van der Waals surface area contributed by atoms with Crippen LogP contribution in [-0.4, -0.2) is 38.0 Å². The molecule has 0 aliphatic rings. The average Bonchev–Trinajstić information content (AvgIpc) is 2.68. The molecule has 0 aliphatic heterocycles. The molecule has 6 nitrogen and oxygen atoms in total. The molecule has 98 valence electrons. The normalized spacial score (nSPS) is 12.1. The molecule has 18 heavy (non-hydrogen) atoms. The Balaban J connectivity index is 2.33. The molecule has 0 saturated heterocycles. The fourth-order valence-corrected chi connectivity index (χ4v) is 1.64. The van der Waals surface area contributed by atoms with Gasteiger partial charge in [-0.05, 0) is 6.92 Å². The average molecular weight is 249 g/mol. The molecule has 0 spiro atoms. The SMILES string of the molecule is Cc1nc(NCC(C)(C)CO)c2cnn(C)c2n1. The summed E-state index contributed by atoms with van der Waals surface area (Å²) in [5, 5.41) is 17.6. The Hall–Kier alpha value is -1.69. The Morgan fingerprint density at radius 3 is 2.78 bits per heavy atom. The van der Waals surface area contributed by atoms with Crippen LogP contribution in [0.1, 0.15) is 19.7 Å². The minimum atomic E-state index is -0.187. The number of aliphatic hydroxyl groups is 1. The number of anilines is 1. The van der Waals surface area contributed by atoms with Gasteiger partial charge in [0.2, 0.25) is 0 Å². The summed E-state index contributed by atoms with van der Waals surface area (Å²) in [5.41, 5.74) is 0.625. The number of hydrogen-bond acceptors (Lipinski definition) is 5. The molecule has 0 amide bonds. The van der Waals surface area contributed by atoms with Gasteiger partial charge < -0.3 is 10.4 Å². The van der Waals surface area contributed by atoms with Crippen LogP contribution in [0, 0.1) is 12.3 Å². The van der Waals surface area contributed by atoms with Gasteiger partial charge in [-0.15, -0.1) is 0 Å². The van der Waals surface area contributed by atoms with Crippen LogP contribution in [-0.2, 0) is 7.05 Å². The first kappa shape index (κ1) is 12.8. The smallest absolute Gasteiger partial charge is 0.163 e. The fourth-order valence-electron chi connectivity index (χ4n) is 1.64. The number of aryl methyl sites for hydroxylation is 2. The number of nitrogens with one attached hydrogen (secondary N) is 1. The van der Waals surface area contributed by atoms with Gasteiger partial charge in [-0.25, -0.2) is 9.97 Å². The summed E-state index contributed by atoms with van der Waals surface area (Å²) in [4.78, 5) is 8.76. The van der Waals surface area contributed by atoms with Crippen molar-refractivity contribution in [3.63, 3.8) is 0 Å². The van der Waals surface area contributed by atoms with Crippen molar-refractivity contribution in [3.8, 4) is 0 Å². The lowest BCUT2D eigenvalue weighted by Crippen LogP contribution is -2.27. The summed E-state index contributed by atoms with van der Waals surface area (Å²) >= 11 is 0. The van der Waals surface area contributed by atoms with E-state index < -0.39 is 0 Å². The first-order valence-corrected chi connectivity index (χ1v) is 5.94. The number of aliphatic hydroxyl groups excluding tert-OH is 1. The predicted octanol–water partition coefficient (Wildman–Crippen LogP) is 1.10. The number of fused-ring (bicyclic) bond motifs is 1. The Kier molecular flexibility index (Phi) is 3.21. The maximum Gasteiger partial charge on any atom is 0.163 e. The number of hydrogen-bond donors (Lipinski definition) is 2. The second-order valence-corrected chi connectivity index (χ2v) is 5.30. The van der Waals surface area contributed by atoms with Gasteiger partial charge in [-0.1, -0.05) is 13.8 Å². The van der Waals surface area contributed by atoms with E-state index in [1.807, 2.05) is 27.8 Å². The number of rotatable bonds is 4. The summed E-state index contributed by atoms with van der Waals surface area (Å²) in [6.45, 7) is 6.61. The monoisotopic (exact) mass is 249 g/mol. The van der Waals surface area contributed by atoms with Crippen molar-refractivity contribution in [3.05, 3.63) is 12.0 Å². The molecule has 2 aromatic rings. The van der Waals surface area contributed by atoms with E-state index >= 15 is 0 Å². The Morgan fingerprint density at radius 1 is 1.39 bits per heavy atom. The lowest BCUT2D eigenvalue weighted by Gasteiger charge is -2.22. The van der Waals surface area contributed by atoms with Crippen LogP contribution in [0.2, 0.25) is 0 Å². The van der Waals surface area contributed by atoms with Gasteiger partial charge in [-0.3, -0.25) is 4.68 Å². The molecule has 0 fully saturated rings. The molecular weight excluding hydrogens is 230 g/mol. The highest BCUT2D eigenvalue weighted by Crippen LogP contribution is 2.21. The van der Waals surface area contributed by atoms with Crippen molar-refractivity contribution in [2.24, 2.45) is 12.5 Å². The third-order valence-corrected chi connectivity index (χ3v) is 2.87. The third kappa shape index (κ3) is 2.43.